The molecule has 0 spiro atoms. The van der Waals surface area contributed by atoms with E-state index in [1.807, 2.05) is 40.0 Å². The van der Waals surface area contributed by atoms with Gasteiger partial charge in [0.15, 0.2) is 17.0 Å². The Bertz CT molecular complexity index is 1390. The zero-order chi connectivity index (χ0) is 24.8. The molecule has 1 atom stereocenters. The molecule has 0 saturated carbocycles. The molecule has 0 aliphatic heterocycles. The van der Waals surface area contributed by atoms with Gasteiger partial charge in [-0.1, -0.05) is 12.1 Å². The number of carbonyl (C=O) groups excluding carboxylic acids is 1. The topological polar surface area (TPSA) is 77.1 Å². The van der Waals surface area contributed by atoms with E-state index in [2.05, 4.69) is 20.5 Å². The fraction of sp³-hybridized carbons (Fsp3) is 0.333. The van der Waals surface area contributed by atoms with Gasteiger partial charge in [-0.3, -0.25) is 9.48 Å². The lowest BCUT2D eigenvalue weighted by molar-refractivity contribution is -0.142. The first-order valence-corrected chi connectivity index (χ1v) is 10.9. The summed E-state index contributed by atoms with van der Waals surface area (Å²) < 4.78 is 44.1. The van der Waals surface area contributed by atoms with Crippen LogP contribution in [0.2, 0.25) is 0 Å². The zero-order valence-corrected chi connectivity index (χ0v) is 19.5. The molecule has 0 radical (unpaired) electrons. The molecule has 178 valence electrons. The number of benzene rings is 1. The molecule has 1 unspecified atom stereocenters. The van der Waals surface area contributed by atoms with E-state index in [4.69, 9.17) is 0 Å². The Hall–Kier alpha value is -3.69. The minimum Gasteiger partial charge on any atom is -0.344 e. The molecule has 1 N–H and O–H groups in total. The van der Waals surface area contributed by atoms with Crippen molar-refractivity contribution in [1.29, 1.82) is 0 Å². The lowest BCUT2D eigenvalue weighted by Gasteiger charge is -2.12. The Kier molecular flexibility index (Phi) is 5.93. The molecule has 4 rings (SSSR count). The highest BCUT2D eigenvalue weighted by Crippen LogP contribution is 2.33. The number of halogens is 3. The Morgan fingerprint density at radius 2 is 1.82 bits per heavy atom. The molecular formula is C24H25F3N6O. The largest absolute Gasteiger partial charge is 0.433 e. The summed E-state index contributed by atoms with van der Waals surface area (Å²) in [5.41, 5.74) is 3.06. The summed E-state index contributed by atoms with van der Waals surface area (Å²) in [5.74, 6) is -0.595. The highest BCUT2D eigenvalue weighted by atomic mass is 19.4. The van der Waals surface area contributed by atoms with Crippen LogP contribution >= 0.6 is 0 Å². The number of rotatable bonds is 5. The number of hydrogen-bond acceptors (Lipinski definition) is 4. The molecule has 0 saturated heterocycles. The predicted octanol–water partition coefficient (Wildman–Crippen LogP) is 5.05. The number of nitrogens with zero attached hydrogens (tertiary/aromatic N) is 5. The average Bonchev–Trinajstić information content (AvgIpc) is 3.37. The van der Waals surface area contributed by atoms with Gasteiger partial charge in [-0.15, -0.1) is 0 Å². The lowest BCUT2D eigenvalue weighted by Crippen LogP contribution is -2.27. The number of alkyl halides is 3. The van der Waals surface area contributed by atoms with Crippen LogP contribution in [0.4, 0.5) is 13.2 Å². The van der Waals surface area contributed by atoms with Crippen molar-refractivity contribution >= 4 is 11.6 Å². The summed E-state index contributed by atoms with van der Waals surface area (Å²) >= 11 is 0. The maximum Gasteiger partial charge on any atom is 0.433 e. The second-order valence-electron chi connectivity index (χ2n) is 8.34. The Morgan fingerprint density at radius 1 is 1.09 bits per heavy atom. The van der Waals surface area contributed by atoms with Crippen molar-refractivity contribution in [2.24, 2.45) is 0 Å². The summed E-state index contributed by atoms with van der Waals surface area (Å²) in [6, 6.07) is 7.17. The highest BCUT2D eigenvalue weighted by molar-refractivity contribution is 5.93. The Labute approximate surface area is 194 Å². The fourth-order valence-electron chi connectivity index (χ4n) is 3.80. The van der Waals surface area contributed by atoms with E-state index in [9.17, 15) is 18.0 Å². The normalized spacial score (nSPS) is 12.8. The number of nitrogens with one attached hydrogen (secondary N) is 1. The monoisotopic (exact) mass is 470 g/mol. The van der Waals surface area contributed by atoms with E-state index in [1.165, 1.54) is 6.07 Å². The second-order valence-corrected chi connectivity index (χ2v) is 8.34. The van der Waals surface area contributed by atoms with E-state index in [1.54, 1.807) is 23.7 Å². The Morgan fingerprint density at radius 3 is 2.44 bits per heavy atom. The van der Waals surface area contributed by atoms with Crippen molar-refractivity contribution in [2.75, 3.05) is 0 Å². The van der Waals surface area contributed by atoms with E-state index >= 15 is 0 Å². The summed E-state index contributed by atoms with van der Waals surface area (Å²) in [5, 5.41) is 11.1. The van der Waals surface area contributed by atoms with Crippen molar-refractivity contribution in [1.82, 2.24) is 29.7 Å². The standard InChI is InChI=1S/C24H25F3N6O/c1-6-32-12-18(16(5)30-32)15(4)28-23(34)20-11-22-29-19(17-8-7-13(2)14(3)9-17)10-21(24(25,26)27)33(22)31-20/h7-12,15H,6H2,1-5H3,(H,28,34). The molecule has 3 aromatic heterocycles. The van der Waals surface area contributed by atoms with Crippen molar-refractivity contribution in [3.8, 4) is 11.3 Å². The molecule has 1 amide bonds. The summed E-state index contributed by atoms with van der Waals surface area (Å²) in [6.45, 7) is 10.1. The van der Waals surface area contributed by atoms with Gasteiger partial charge in [-0.25, -0.2) is 9.50 Å². The number of aromatic nitrogens is 5. The smallest absolute Gasteiger partial charge is 0.344 e. The molecule has 10 heteroatoms. The van der Waals surface area contributed by atoms with Crippen LogP contribution in [0.25, 0.3) is 16.9 Å². The summed E-state index contributed by atoms with van der Waals surface area (Å²) in [7, 11) is 0. The van der Waals surface area contributed by atoms with Gasteiger partial charge in [-0.2, -0.15) is 23.4 Å². The number of carbonyl (C=O) groups is 1. The fourth-order valence-corrected chi connectivity index (χ4v) is 3.80. The summed E-state index contributed by atoms with van der Waals surface area (Å²) in [4.78, 5) is 17.2. The average molecular weight is 470 g/mol. The van der Waals surface area contributed by atoms with E-state index in [0.717, 1.165) is 28.5 Å². The third-order valence-electron chi connectivity index (χ3n) is 5.88. The lowest BCUT2D eigenvalue weighted by atomic mass is 10.0. The molecule has 1 aromatic carbocycles. The predicted molar refractivity (Wildman–Crippen MR) is 121 cm³/mol. The van der Waals surface area contributed by atoms with Gasteiger partial charge in [0.1, 0.15) is 0 Å². The third-order valence-corrected chi connectivity index (χ3v) is 5.88. The molecule has 4 aromatic rings. The van der Waals surface area contributed by atoms with Gasteiger partial charge in [-0.05, 0) is 57.9 Å². The minimum atomic E-state index is -4.69. The minimum absolute atomic E-state index is 0.0594. The maximum atomic E-state index is 13.9. The van der Waals surface area contributed by atoms with Gasteiger partial charge in [0.2, 0.25) is 0 Å². The van der Waals surface area contributed by atoms with E-state index < -0.39 is 23.8 Å². The molecule has 0 bridgehead atoms. The van der Waals surface area contributed by atoms with Crippen LogP contribution < -0.4 is 5.32 Å². The number of hydrogen-bond donors (Lipinski definition) is 1. The van der Waals surface area contributed by atoms with Crippen molar-refractivity contribution in [2.45, 2.75) is 53.4 Å². The van der Waals surface area contributed by atoms with Gasteiger partial charge in [0.05, 0.1) is 17.4 Å². The second kappa shape index (κ2) is 8.58. The molecule has 0 fully saturated rings. The number of fused-ring (bicyclic) bond motifs is 1. The van der Waals surface area contributed by atoms with Crippen molar-refractivity contribution in [3.63, 3.8) is 0 Å². The van der Waals surface area contributed by atoms with Crippen molar-refractivity contribution in [3.05, 3.63) is 70.3 Å². The van der Waals surface area contributed by atoms with Crippen LogP contribution in [0.3, 0.4) is 0 Å². The molecule has 7 nitrogen and oxygen atoms in total. The molecule has 3 heterocycles. The van der Waals surface area contributed by atoms with E-state index in [-0.39, 0.29) is 17.0 Å². The highest BCUT2D eigenvalue weighted by Gasteiger charge is 2.35. The summed E-state index contributed by atoms with van der Waals surface area (Å²) in [6.07, 6.45) is -2.85. The van der Waals surface area contributed by atoms with Crippen molar-refractivity contribution < 1.29 is 18.0 Å². The van der Waals surface area contributed by atoms with Gasteiger partial charge < -0.3 is 5.32 Å². The Balaban J connectivity index is 1.72. The molecule has 0 aliphatic carbocycles. The van der Waals surface area contributed by atoms with Crippen LogP contribution in [-0.4, -0.2) is 30.3 Å². The number of amides is 1. The first-order chi connectivity index (χ1) is 16.0. The first kappa shape index (κ1) is 23.5. The third kappa shape index (κ3) is 4.40. The van der Waals surface area contributed by atoms with E-state index in [0.29, 0.717) is 16.6 Å². The maximum absolute atomic E-state index is 13.9. The first-order valence-electron chi connectivity index (χ1n) is 10.9. The molecule has 34 heavy (non-hydrogen) atoms. The quantitative estimate of drug-likeness (QED) is 0.443. The van der Waals surface area contributed by atoms with Crippen LogP contribution in [0.1, 0.15) is 58.5 Å². The zero-order valence-electron chi connectivity index (χ0n) is 19.5. The van der Waals surface area contributed by atoms with Crippen LogP contribution in [0, 0.1) is 20.8 Å². The van der Waals surface area contributed by atoms with Gasteiger partial charge >= 0.3 is 6.18 Å². The number of aryl methyl sites for hydroxylation is 4. The van der Waals surface area contributed by atoms with Crippen LogP contribution in [0.15, 0.2) is 36.5 Å². The van der Waals surface area contributed by atoms with Crippen LogP contribution in [0.5, 0.6) is 0 Å². The van der Waals surface area contributed by atoms with Crippen LogP contribution in [-0.2, 0) is 12.7 Å². The molecule has 0 aliphatic rings. The molecular weight excluding hydrogens is 445 g/mol. The van der Waals surface area contributed by atoms with Gasteiger partial charge in [0, 0.05) is 29.9 Å². The SMILES string of the molecule is CCn1cc(C(C)NC(=O)c2cc3nc(-c4ccc(C)c(C)c4)cc(C(F)(F)F)n3n2)c(C)n1. The van der Waals surface area contributed by atoms with Gasteiger partial charge in [0.25, 0.3) is 5.91 Å².